The van der Waals surface area contributed by atoms with Crippen molar-refractivity contribution in [2.45, 2.75) is 38.3 Å². The number of hydrogen-bond donors (Lipinski definition) is 2. The summed E-state index contributed by atoms with van der Waals surface area (Å²) in [5.74, 6) is -0.288. The second-order valence-corrected chi connectivity index (χ2v) is 8.37. The van der Waals surface area contributed by atoms with Crippen LogP contribution in [0.1, 0.15) is 37.8 Å². The highest BCUT2D eigenvalue weighted by Gasteiger charge is 2.31. The quantitative estimate of drug-likeness (QED) is 0.678. The number of urea groups is 1. The van der Waals surface area contributed by atoms with E-state index in [0.717, 1.165) is 17.0 Å². The van der Waals surface area contributed by atoms with Crippen LogP contribution in [0.25, 0.3) is 0 Å². The molecule has 2 N–H and O–H groups in total. The lowest BCUT2D eigenvalue weighted by atomic mass is 9.97. The molecule has 2 aromatic rings. The molecule has 174 valence electrons. The number of nitrogens with one attached hydrogen (secondary N) is 2. The molecule has 3 amide bonds. The summed E-state index contributed by atoms with van der Waals surface area (Å²) in [6, 6.07) is 16.5. The van der Waals surface area contributed by atoms with Crippen LogP contribution in [0, 0.1) is 5.92 Å². The smallest absolute Gasteiger partial charge is 0.321 e. The Morgan fingerprint density at radius 2 is 1.70 bits per heavy atom. The molecule has 0 radical (unpaired) electrons. The zero-order valence-electron chi connectivity index (χ0n) is 18.7. The Hall–Kier alpha value is -3.55. The predicted octanol–water partition coefficient (Wildman–Crippen LogP) is 3.50. The van der Waals surface area contributed by atoms with Crippen molar-refractivity contribution in [2.24, 2.45) is 5.92 Å². The van der Waals surface area contributed by atoms with Crippen molar-refractivity contribution in [2.75, 3.05) is 25.0 Å². The van der Waals surface area contributed by atoms with Gasteiger partial charge in [-0.3, -0.25) is 9.59 Å². The van der Waals surface area contributed by atoms with Gasteiger partial charge in [-0.15, -0.1) is 0 Å². The number of likely N-dealkylation sites (tertiary alicyclic amines) is 1. The van der Waals surface area contributed by atoms with Crippen LogP contribution in [0.2, 0.25) is 0 Å². The molecular weight excluding hydrogens is 422 g/mol. The van der Waals surface area contributed by atoms with Gasteiger partial charge >= 0.3 is 12.0 Å². The summed E-state index contributed by atoms with van der Waals surface area (Å²) in [5, 5.41) is 5.83. The summed E-state index contributed by atoms with van der Waals surface area (Å²) in [7, 11) is 0. The van der Waals surface area contributed by atoms with E-state index in [1.807, 2.05) is 54.6 Å². The molecular formula is C25H29N3O5. The van der Waals surface area contributed by atoms with Gasteiger partial charge in [0.25, 0.3) is 5.91 Å². The van der Waals surface area contributed by atoms with E-state index in [9.17, 15) is 14.4 Å². The summed E-state index contributed by atoms with van der Waals surface area (Å²) in [5.41, 5.74) is 1.66. The van der Waals surface area contributed by atoms with Crippen LogP contribution in [0.4, 0.5) is 10.5 Å². The van der Waals surface area contributed by atoms with E-state index in [4.69, 9.17) is 9.47 Å². The summed E-state index contributed by atoms with van der Waals surface area (Å²) in [6.07, 6.45) is 0.769. The number of benzene rings is 2. The number of nitrogens with zero attached hydrogens (tertiary/aromatic N) is 1. The molecule has 33 heavy (non-hydrogen) atoms. The van der Waals surface area contributed by atoms with E-state index >= 15 is 0 Å². The maximum absolute atomic E-state index is 12.7. The monoisotopic (exact) mass is 451 g/mol. The molecule has 0 aliphatic carbocycles. The minimum atomic E-state index is -0.896. The van der Waals surface area contributed by atoms with E-state index < -0.39 is 12.1 Å². The lowest BCUT2D eigenvalue weighted by molar-refractivity contribution is -0.160. The number of esters is 1. The second kappa shape index (κ2) is 10.4. The normalized spacial score (nSPS) is 18.9. The third kappa shape index (κ3) is 5.63. The minimum Gasteiger partial charge on any atom is -0.493 e. The van der Waals surface area contributed by atoms with E-state index in [-0.39, 0.29) is 23.9 Å². The first-order chi connectivity index (χ1) is 16.0. The third-order valence-electron chi connectivity index (χ3n) is 6.08. The van der Waals surface area contributed by atoms with Crippen molar-refractivity contribution in [1.82, 2.24) is 10.2 Å². The molecule has 2 heterocycles. The van der Waals surface area contributed by atoms with Gasteiger partial charge in [0.1, 0.15) is 5.75 Å². The number of amides is 3. The summed E-state index contributed by atoms with van der Waals surface area (Å²) >= 11 is 0. The molecule has 2 aliphatic heterocycles. The SMILES string of the molecule is CC(OC(=O)C1CCN(C(=O)Nc2ccccc2)CC1)C(=O)NC1CCOc2ccccc21. The Labute approximate surface area is 193 Å². The lowest BCUT2D eigenvalue weighted by Gasteiger charge is -2.31. The molecule has 0 spiro atoms. The zero-order valence-corrected chi connectivity index (χ0v) is 18.7. The predicted molar refractivity (Wildman–Crippen MR) is 123 cm³/mol. The summed E-state index contributed by atoms with van der Waals surface area (Å²) in [6.45, 7) is 3.02. The van der Waals surface area contributed by atoms with Crippen LogP contribution in [0.3, 0.4) is 0 Å². The van der Waals surface area contributed by atoms with Gasteiger partial charge in [-0.2, -0.15) is 0 Å². The molecule has 1 saturated heterocycles. The van der Waals surface area contributed by atoms with Gasteiger partial charge in [0.05, 0.1) is 18.6 Å². The Balaban J connectivity index is 1.23. The number of carbonyl (C=O) groups is 3. The molecule has 2 atom stereocenters. The number of piperidine rings is 1. The number of ether oxygens (including phenoxy) is 2. The number of hydrogen-bond acceptors (Lipinski definition) is 5. The molecule has 1 fully saturated rings. The van der Waals surface area contributed by atoms with Gasteiger partial charge in [-0.05, 0) is 38.0 Å². The first kappa shape index (κ1) is 22.6. The fourth-order valence-corrected chi connectivity index (χ4v) is 4.15. The first-order valence-electron chi connectivity index (χ1n) is 11.3. The number of rotatable bonds is 5. The number of fused-ring (bicyclic) bond motifs is 1. The number of carbonyl (C=O) groups excluding carboxylic acids is 3. The maximum Gasteiger partial charge on any atom is 0.321 e. The molecule has 8 nitrogen and oxygen atoms in total. The van der Waals surface area contributed by atoms with Crippen LogP contribution >= 0.6 is 0 Å². The molecule has 4 rings (SSSR count). The van der Waals surface area contributed by atoms with E-state index in [2.05, 4.69) is 10.6 Å². The van der Waals surface area contributed by atoms with E-state index in [1.165, 1.54) is 0 Å². The zero-order chi connectivity index (χ0) is 23.2. The van der Waals surface area contributed by atoms with E-state index in [0.29, 0.717) is 39.0 Å². The number of para-hydroxylation sites is 2. The van der Waals surface area contributed by atoms with Gasteiger partial charge in [0, 0.05) is 30.8 Å². The first-order valence-corrected chi connectivity index (χ1v) is 11.3. The van der Waals surface area contributed by atoms with Gasteiger partial charge in [0.15, 0.2) is 6.10 Å². The van der Waals surface area contributed by atoms with Crippen LogP contribution in [0.15, 0.2) is 54.6 Å². The van der Waals surface area contributed by atoms with Crippen molar-refractivity contribution in [3.8, 4) is 5.75 Å². The average Bonchev–Trinajstić information content (AvgIpc) is 2.85. The third-order valence-corrected chi connectivity index (χ3v) is 6.08. The van der Waals surface area contributed by atoms with Crippen molar-refractivity contribution in [1.29, 1.82) is 0 Å². The second-order valence-electron chi connectivity index (χ2n) is 8.37. The average molecular weight is 452 g/mol. The number of anilines is 1. The molecule has 2 aliphatic rings. The van der Waals surface area contributed by atoms with Crippen LogP contribution in [-0.2, 0) is 14.3 Å². The van der Waals surface area contributed by atoms with Crippen molar-refractivity contribution in [3.63, 3.8) is 0 Å². The van der Waals surface area contributed by atoms with E-state index in [1.54, 1.807) is 11.8 Å². The summed E-state index contributed by atoms with van der Waals surface area (Å²) in [4.78, 5) is 39.4. The molecule has 2 unspecified atom stereocenters. The van der Waals surface area contributed by atoms with Crippen molar-refractivity contribution >= 4 is 23.6 Å². The molecule has 0 aromatic heterocycles. The van der Waals surface area contributed by atoms with Gasteiger partial charge in [-0.1, -0.05) is 36.4 Å². The minimum absolute atomic E-state index is 0.171. The van der Waals surface area contributed by atoms with Gasteiger partial charge < -0.3 is 25.0 Å². The Kier molecular flexibility index (Phi) is 7.12. The Bertz CT molecular complexity index is 989. The lowest BCUT2D eigenvalue weighted by Crippen LogP contribution is -2.44. The molecule has 0 bridgehead atoms. The molecule has 2 aromatic carbocycles. The fraction of sp³-hybridized carbons (Fsp3) is 0.400. The van der Waals surface area contributed by atoms with Crippen molar-refractivity contribution < 1.29 is 23.9 Å². The van der Waals surface area contributed by atoms with Crippen LogP contribution < -0.4 is 15.4 Å². The highest BCUT2D eigenvalue weighted by atomic mass is 16.5. The molecule has 8 heteroatoms. The topological polar surface area (TPSA) is 97.0 Å². The van der Waals surface area contributed by atoms with Gasteiger partial charge in [0.2, 0.25) is 0 Å². The largest absolute Gasteiger partial charge is 0.493 e. The van der Waals surface area contributed by atoms with Gasteiger partial charge in [-0.25, -0.2) is 4.79 Å². The highest BCUT2D eigenvalue weighted by Crippen LogP contribution is 2.31. The molecule has 0 saturated carbocycles. The van der Waals surface area contributed by atoms with Crippen LogP contribution in [0.5, 0.6) is 5.75 Å². The Morgan fingerprint density at radius 1 is 1.00 bits per heavy atom. The summed E-state index contributed by atoms with van der Waals surface area (Å²) < 4.78 is 11.1. The maximum atomic E-state index is 12.7. The fourth-order valence-electron chi connectivity index (χ4n) is 4.15. The highest BCUT2D eigenvalue weighted by molar-refractivity contribution is 5.89. The van der Waals surface area contributed by atoms with Crippen molar-refractivity contribution in [3.05, 3.63) is 60.2 Å². The standard InChI is InChI=1S/C25H29N3O5/c1-17(23(29)27-21-13-16-32-22-10-6-5-9-20(21)22)33-24(30)18-11-14-28(15-12-18)25(31)26-19-7-3-2-4-8-19/h2-10,17-18,21H,11-16H2,1H3,(H,26,31)(H,27,29). The van der Waals surface area contributed by atoms with Crippen LogP contribution in [-0.4, -0.2) is 48.6 Å². The Morgan fingerprint density at radius 3 is 2.45 bits per heavy atom.